The van der Waals surface area contributed by atoms with Crippen LogP contribution in [0.5, 0.6) is 0 Å². The topological polar surface area (TPSA) is 526 Å². The number of nitrogens with zero attached hydrogens (tertiary/aromatic N) is 2. The van der Waals surface area contributed by atoms with E-state index in [9.17, 15) is 71.3 Å². The Morgan fingerprint density at radius 3 is 1.89 bits per heavy atom. The van der Waals surface area contributed by atoms with Gasteiger partial charge in [0.05, 0.1) is 30.3 Å². The van der Waals surface area contributed by atoms with Gasteiger partial charge in [-0.25, -0.2) is 4.98 Å². The van der Waals surface area contributed by atoms with Gasteiger partial charge in [0, 0.05) is 43.5 Å². The number of imidazole rings is 1. The molecule has 34 nitrogen and oxygen atoms in total. The van der Waals surface area contributed by atoms with E-state index in [2.05, 4.69) is 73.4 Å². The SMILES string of the molecule is CC[C@H](C)[C@H](N)C1=N[C@H](C(=O)N[C@@H](CC(C)C)C(=O)N[C@@H]2CCC(=O)OS(=O)OC(=O)C[C@H]3NC(=O)[C@H](Cc4cnc[nH]4)NC(=O)[C@@H](Cc4ccccc4)NC(=O)[C@@H]([C@@H](C)CC)NC(=O)[C@@H](CCCN)NC(=O)[C@H](CCCCNC(=O)[C@H](CC(N)=O)NC3=O)NC(=O)[C@H]([C@@H](C)CC)NC2=O)CS1. The molecule has 102 heavy (non-hydrogen) atoms. The smallest absolute Gasteiger partial charge is 0.370 e. The number of carbonyl (C=O) groups excluding carboxylic acids is 14. The number of rotatable bonds is 22. The van der Waals surface area contributed by atoms with Crippen LogP contribution < -0.4 is 75.7 Å². The molecule has 0 aliphatic carbocycles. The normalized spacial score (nSPS) is 26.3. The predicted octanol–water partition coefficient (Wildman–Crippen LogP) is -2.17. The third-order valence-electron chi connectivity index (χ3n) is 17.8. The van der Waals surface area contributed by atoms with Crippen LogP contribution in [-0.4, -0.2) is 193 Å². The Hall–Kier alpha value is -8.90. The fourth-order valence-electron chi connectivity index (χ4n) is 11.1. The predicted molar refractivity (Wildman–Crippen MR) is 374 cm³/mol. The van der Waals surface area contributed by atoms with E-state index in [0.29, 0.717) is 10.6 Å². The third kappa shape index (κ3) is 26.8. The number of nitrogens with one attached hydrogen (secondary N) is 12. The molecule has 12 amide bonds. The summed E-state index contributed by atoms with van der Waals surface area (Å²) in [6, 6.07) is -9.25. The number of aromatic nitrogens is 2. The molecule has 1 unspecified atom stereocenters. The number of aliphatic imine (C=N–C) groups is 1. The van der Waals surface area contributed by atoms with Crippen LogP contribution >= 0.6 is 11.8 Å². The average molecular weight is 1470 g/mol. The molecular formula is C66H101N17O17S2. The van der Waals surface area contributed by atoms with Crippen molar-refractivity contribution in [2.24, 2.45) is 45.9 Å². The quantitative estimate of drug-likeness (QED) is 0.0597. The van der Waals surface area contributed by atoms with E-state index in [4.69, 9.17) is 25.6 Å². The number of nitrogens with two attached hydrogens (primary N) is 3. The van der Waals surface area contributed by atoms with E-state index in [1.807, 2.05) is 13.8 Å². The number of benzene rings is 1. The maximum atomic E-state index is 15.0. The maximum absolute atomic E-state index is 15.0. The first kappa shape index (κ1) is 83.8. The molecule has 564 valence electrons. The zero-order chi connectivity index (χ0) is 75.3. The van der Waals surface area contributed by atoms with Gasteiger partial charge in [-0.05, 0) is 80.7 Å². The first-order chi connectivity index (χ1) is 48.4. The summed E-state index contributed by atoms with van der Waals surface area (Å²) >= 11 is -2.05. The molecule has 2 fully saturated rings. The van der Waals surface area contributed by atoms with Crippen LogP contribution in [0.1, 0.15) is 150 Å². The van der Waals surface area contributed by atoms with Crippen molar-refractivity contribution in [1.82, 2.24) is 68.5 Å². The van der Waals surface area contributed by atoms with Crippen molar-refractivity contribution in [1.29, 1.82) is 0 Å². The molecule has 3 aliphatic rings. The number of hydrogen-bond acceptors (Lipinski definition) is 22. The molecule has 18 N–H and O–H groups in total. The fraction of sp³-hybridized carbons (Fsp3) is 0.636. The van der Waals surface area contributed by atoms with Crippen molar-refractivity contribution in [3.63, 3.8) is 0 Å². The van der Waals surface area contributed by atoms with Gasteiger partial charge in [-0.15, -0.1) is 11.8 Å². The number of aromatic amines is 1. The molecular weight excluding hydrogens is 1370 g/mol. The Kier molecular flexibility index (Phi) is 34.4. The zero-order valence-electron chi connectivity index (χ0n) is 58.9. The summed E-state index contributed by atoms with van der Waals surface area (Å²) < 4.78 is 23.4. The van der Waals surface area contributed by atoms with E-state index in [0.717, 1.165) is 6.42 Å². The largest absolute Gasteiger partial charge is 0.422 e. The molecule has 0 radical (unpaired) electrons. The molecule has 5 rings (SSSR count). The van der Waals surface area contributed by atoms with Crippen molar-refractivity contribution in [3.8, 4) is 0 Å². The summed E-state index contributed by atoms with van der Waals surface area (Å²) in [6.45, 7) is 14.0. The Bertz CT molecular complexity index is 3310. The van der Waals surface area contributed by atoms with Gasteiger partial charge >= 0.3 is 23.3 Å². The number of carbonyl (C=O) groups is 14. The number of primary amides is 1. The summed E-state index contributed by atoms with van der Waals surface area (Å²) in [5.41, 5.74) is 18.7. The summed E-state index contributed by atoms with van der Waals surface area (Å²) in [7, 11) is 0. The Morgan fingerprint density at radius 2 is 1.26 bits per heavy atom. The van der Waals surface area contributed by atoms with Gasteiger partial charge in [0.15, 0.2) is 0 Å². The highest BCUT2D eigenvalue weighted by Crippen LogP contribution is 2.25. The molecule has 36 heteroatoms. The Morgan fingerprint density at radius 1 is 0.676 bits per heavy atom. The lowest BCUT2D eigenvalue weighted by Gasteiger charge is -2.30. The van der Waals surface area contributed by atoms with Gasteiger partial charge in [0.1, 0.15) is 66.5 Å². The lowest BCUT2D eigenvalue weighted by atomic mass is 9.96. The molecule has 0 spiro atoms. The summed E-state index contributed by atoms with van der Waals surface area (Å²) in [4.78, 5) is 213. The van der Waals surface area contributed by atoms with Gasteiger partial charge in [0.2, 0.25) is 70.9 Å². The minimum absolute atomic E-state index is 0.00691. The molecule has 4 heterocycles. The van der Waals surface area contributed by atoms with Crippen LogP contribution in [0.25, 0.3) is 0 Å². The van der Waals surface area contributed by atoms with Gasteiger partial charge in [-0.3, -0.25) is 72.1 Å². The minimum atomic E-state index is -3.36. The third-order valence-corrected chi connectivity index (χ3v) is 19.6. The summed E-state index contributed by atoms with van der Waals surface area (Å²) in [6.07, 6.45) is -0.635. The van der Waals surface area contributed by atoms with Gasteiger partial charge in [-0.1, -0.05) is 105 Å². The summed E-state index contributed by atoms with van der Waals surface area (Å²) in [5, 5.41) is 29.3. The van der Waals surface area contributed by atoms with Crippen molar-refractivity contribution < 1.29 is 79.7 Å². The van der Waals surface area contributed by atoms with Gasteiger partial charge in [0.25, 0.3) is 0 Å². The first-order valence-electron chi connectivity index (χ1n) is 34.6. The average Bonchev–Trinajstić information content (AvgIpc) is 1.16. The molecule has 16 atom stereocenters. The number of thioether (sulfide) groups is 1. The Balaban J connectivity index is 1.67. The van der Waals surface area contributed by atoms with Crippen molar-refractivity contribution in [3.05, 3.63) is 54.1 Å². The van der Waals surface area contributed by atoms with Crippen molar-refractivity contribution in [2.75, 3.05) is 18.8 Å². The molecule has 2 aromatic rings. The number of fused-ring (bicyclic) bond motifs is 10. The number of amides is 12. The van der Waals surface area contributed by atoms with Crippen LogP contribution in [0.3, 0.4) is 0 Å². The second kappa shape index (κ2) is 41.9. The minimum Gasteiger partial charge on any atom is -0.370 e. The first-order valence-corrected chi connectivity index (χ1v) is 36.5. The van der Waals surface area contributed by atoms with E-state index < -0.39 is 211 Å². The molecule has 1 aromatic heterocycles. The summed E-state index contributed by atoms with van der Waals surface area (Å²) in [5.74, 6) is -16.3. The monoisotopic (exact) mass is 1470 g/mol. The van der Waals surface area contributed by atoms with Crippen LogP contribution in [0.2, 0.25) is 0 Å². The van der Waals surface area contributed by atoms with Crippen LogP contribution in [-0.2, 0) is 99.7 Å². The standard InChI is InChI=1S/C66H101N17O17S2/c1-9-35(6)52(69)66-81-48(32-101-66)63(95)76-43(26-34(4)5)59(91)74-42-22-23-50(85)99-102(98)100-51(86)30-47-62(94)78-46(29-49(68)84)55(87)71-25-16-15-20-40(75-64(96)53(36(7)10-2)83-58(42)90)56(88)73-41(21-17-24-67)57(89)82-54(37(8)11-3)65(97)80-44(27-38-18-13-12-14-19-38)60(92)77-45(61(93)79-47)28-39-31-70-33-72-39/h12-14,18-19,31,33-37,40-48,52-54H,9-11,15-17,20-30,32,67,69H2,1-8H3,(H2,68,84)(H,70,72)(H,71,87)(H,73,88)(H,74,91)(H,75,96)(H,76,95)(H,77,92)(H,78,94)(H,79,93)(H,80,97)(H,82,89)(H,83,90)/t35-,36-,37-,40-,41+,42+,43-,44+,45-,46-,47+,48-,52-,53-,54+,102?/m0/s1. The van der Waals surface area contributed by atoms with E-state index >= 15 is 0 Å². The van der Waals surface area contributed by atoms with Gasteiger partial charge < -0.3 is 89.0 Å². The lowest BCUT2D eigenvalue weighted by molar-refractivity contribution is -0.141. The van der Waals surface area contributed by atoms with Crippen LogP contribution in [0.4, 0.5) is 0 Å². The zero-order valence-corrected chi connectivity index (χ0v) is 60.5. The van der Waals surface area contributed by atoms with Crippen LogP contribution in [0.15, 0.2) is 47.8 Å². The Labute approximate surface area is 599 Å². The molecule has 2 saturated heterocycles. The van der Waals surface area contributed by atoms with E-state index in [1.54, 1.807) is 71.9 Å². The van der Waals surface area contributed by atoms with Gasteiger partial charge in [-0.2, -0.15) is 4.21 Å². The number of hydrogen-bond donors (Lipinski definition) is 15. The highest BCUT2D eigenvalue weighted by molar-refractivity contribution is 8.14. The van der Waals surface area contributed by atoms with Crippen LogP contribution in [0, 0.1) is 23.7 Å². The number of H-pyrrole nitrogens is 1. The fourth-order valence-corrected chi connectivity index (χ4v) is 12.8. The van der Waals surface area contributed by atoms with Crippen molar-refractivity contribution in [2.45, 2.75) is 224 Å². The highest BCUT2D eigenvalue weighted by atomic mass is 32.2. The second-order valence-electron chi connectivity index (χ2n) is 26.3. The van der Waals surface area contributed by atoms with E-state index in [-0.39, 0.29) is 94.2 Å². The molecule has 3 aliphatic heterocycles. The van der Waals surface area contributed by atoms with Crippen molar-refractivity contribution >= 4 is 111 Å². The molecule has 0 saturated carbocycles. The molecule has 1 aromatic carbocycles. The maximum Gasteiger partial charge on any atom is 0.422 e. The second-order valence-corrected chi connectivity index (χ2v) is 28.1. The van der Waals surface area contributed by atoms with E-state index in [1.165, 1.54) is 24.3 Å². The molecule has 2 bridgehead atoms. The lowest BCUT2D eigenvalue weighted by Crippen LogP contribution is -2.62. The highest BCUT2D eigenvalue weighted by Gasteiger charge is 2.40.